The van der Waals surface area contributed by atoms with Crippen molar-refractivity contribution in [3.05, 3.63) is 71.3 Å². The first-order chi connectivity index (χ1) is 17.3. The van der Waals surface area contributed by atoms with Crippen LogP contribution in [-0.4, -0.2) is 42.3 Å². The van der Waals surface area contributed by atoms with Crippen LogP contribution < -0.4 is 16.0 Å². The molecule has 0 aliphatic carbocycles. The van der Waals surface area contributed by atoms with Gasteiger partial charge in [0.2, 0.25) is 11.7 Å². The first-order valence-corrected chi connectivity index (χ1v) is 12.5. The molecule has 8 heteroatoms. The fourth-order valence-corrected chi connectivity index (χ4v) is 4.14. The molecule has 36 heavy (non-hydrogen) atoms. The normalized spacial score (nSPS) is 17.2. The van der Waals surface area contributed by atoms with Crippen molar-refractivity contribution in [1.29, 1.82) is 0 Å². The van der Waals surface area contributed by atoms with Gasteiger partial charge in [0.15, 0.2) is 0 Å². The number of ether oxygens (including phenoxy) is 1. The van der Waals surface area contributed by atoms with Crippen LogP contribution in [0, 0.1) is 5.92 Å². The van der Waals surface area contributed by atoms with E-state index in [0.717, 1.165) is 36.0 Å². The Morgan fingerprint density at radius 3 is 2.53 bits per heavy atom. The number of ketones is 1. The molecule has 0 fully saturated rings. The van der Waals surface area contributed by atoms with Crippen LogP contribution in [0.1, 0.15) is 49.8 Å². The highest BCUT2D eigenvalue weighted by molar-refractivity contribution is 6.38. The fourth-order valence-electron chi connectivity index (χ4n) is 4.14. The van der Waals surface area contributed by atoms with Gasteiger partial charge in [-0.05, 0) is 48.3 Å². The van der Waals surface area contributed by atoms with Gasteiger partial charge >= 0.3 is 6.09 Å². The summed E-state index contributed by atoms with van der Waals surface area (Å²) in [5.74, 6) is -1.87. The van der Waals surface area contributed by atoms with Gasteiger partial charge in [-0.2, -0.15) is 0 Å². The maximum absolute atomic E-state index is 13.2. The zero-order valence-corrected chi connectivity index (χ0v) is 20.9. The van der Waals surface area contributed by atoms with Gasteiger partial charge in [-0.15, -0.1) is 0 Å². The van der Waals surface area contributed by atoms with Gasteiger partial charge in [0.1, 0.15) is 18.7 Å². The number of carbonyl (C=O) groups is 4. The Morgan fingerprint density at radius 1 is 1.03 bits per heavy atom. The minimum atomic E-state index is -1.05. The second kappa shape index (κ2) is 13.4. The third-order valence-electron chi connectivity index (χ3n) is 5.99. The monoisotopic (exact) mass is 493 g/mol. The van der Waals surface area contributed by atoms with E-state index in [2.05, 4.69) is 16.0 Å². The summed E-state index contributed by atoms with van der Waals surface area (Å²) < 4.78 is 5.28. The summed E-state index contributed by atoms with van der Waals surface area (Å²) in [5, 5.41) is 8.01. The Labute approximate surface area is 212 Å². The number of hydrogen-bond donors (Lipinski definition) is 3. The minimum absolute atomic E-state index is 0.0698. The molecule has 0 spiro atoms. The maximum Gasteiger partial charge on any atom is 0.408 e. The Balaban J connectivity index is 1.72. The molecule has 0 saturated carbocycles. The lowest BCUT2D eigenvalue weighted by Gasteiger charge is -2.24. The number of nitrogens with one attached hydrogen (secondary N) is 3. The average molecular weight is 494 g/mol. The molecule has 8 nitrogen and oxygen atoms in total. The second-order valence-corrected chi connectivity index (χ2v) is 9.55. The predicted octanol–water partition coefficient (Wildman–Crippen LogP) is 3.08. The van der Waals surface area contributed by atoms with E-state index in [9.17, 15) is 19.2 Å². The molecule has 2 bridgehead atoms. The van der Waals surface area contributed by atoms with E-state index in [1.807, 2.05) is 68.4 Å². The zero-order chi connectivity index (χ0) is 25.9. The molecule has 2 atom stereocenters. The van der Waals surface area contributed by atoms with Gasteiger partial charge in [0, 0.05) is 13.0 Å². The van der Waals surface area contributed by atoms with Crippen molar-refractivity contribution < 1.29 is 23.9 Å². The minimum Gasteiger partial charge on any atom is -0.445 e. The van der Waals surface area contributed by atoms with E-state index in [4.69, 9.17) is 4.74 Å². The highest BCUT2D eigenvalue weighted by Gasteiger charge is 2.31. The number of rotatable bonds is 7. The van der Waals surface area contributed by atoms with Crippen LogP contribution in [-0.2, 0) is 38.6 Å². The lowest BCUT2D eigenvalue weighted by Crippen LogP contribution is -2.55. The predicted molar refractivity (Wildman–Crippen MR) is 136 cm³/mol. The number of carbonyl (C=O) groups excluding carboxylic acids is 4. The van der Waals surface area contributed by atoms with Gasteiger partial charge in [-0.1, -0.05) is 68.4 Å². The van der Waals surface area contributed by atoms with Crippen LogP contribution >= 0.6 is 0 Å². The summed E-state index contributed by atoms with van der Waals surface area (Å²) in [7, 11) is 0. The van der Waals surface area contributed by atoms with Crippen molar-refractivity contribution in [3.63, 3.8) is 0 Å². The van der Waals surface area contributed by atoms with E-state index in [1.165, 1.54) is 0 Å². The third-order valence-corrected chi connectivity index (χ3v) is 5.99. The van der Waals surface area contributed by atoms with E-state index in [-0.39, 0.29) is 18.9 Å². The highest BCUT2D eigenvalue weighted by atomic mass is 16.5. The molecule has 2 aromatic carbocycles. The van der Waals surface area contributed by atoms with Crippen LogP contribution in [0.2, 0.25) is 0 Å². The summed E-state index contributed by atoms with van der Waals surface area (Å²) in [5.41, 5.74) is 2.83. The highest BCUT2D eigenvalue weighted by Crippen LogP contribution is 2.13. The Bertz CT molecular complexity index is 1050. The number of aryl methyl sites for hydroxylation is 1. The molecule has 3 N–H and O–H groups in total. The smallest absolute Gasteiger partial charge is 0.408 e. The van der Waals surface area contributed by atoms with E-state index < -0.39 is 35.8 Å². The molecule has 0 radical (unpaired) electrons. The van der Waals surface area contributed by atoms with Crippen LogP contribution in [0.25, 0.3) is 0 Å². The first kappa shape index (κ1) is 26.9. The molecule has 1 heterocycles. The SMILES string of the molecule is CC(C)CC(NC(=O)OCc1ccccc1)C(=O)NC1Cc2cccc(c2)CCCCNC(=O)C1=O. The van der Waals surface area contributed by atoms with Crippen LogP contribution in [0.15, 0.2) is 54.6 Å². The third kappa shape index (κ3) is 8.52. The van der Waals surface area contributed by atoms with E-state index >= 15 is 0 Å². The van der Waals surface area contributed by atoms with Crippen molar-refractivity contribution in [1.82, 2.24) is 16.0 Å². The zero-order valence-electron chi connectivity index (χ0n) is 20.9. The van der Waals surface area contributed by atoms with Gasteiger partial charge in [-0.3, -0.25) is 14.4 Å². The largest absolute Gasteiger partial charge is 0.445 e. The molecule has 0 aromatic heterocycles. The number of amides is 3. The van der Waals surface area contributed by atoms with Crippen molar-refractivity contribution >= 4 is 23.7 Å². The van der Waals surface area contributed by atoms with Crippen molar-refractivity contribution in [2.75, 3.05) is 6.54 Å². The summed E-state index contributed by atoms with van der Waals surface area (Å²) >= 11 is 0. The number of hydrogen-bond acceptors (Lipinski definition) is 5. The molecule has 1 aliphatic heterocycles. The molecule has 3 rings (SSSR count). The Hall–Kier alpha value is -3.68. The molecule has 0 saturated heterocycles. The second-order valence-electron chi connectivity index (χ2n) is 9.55. The topological polar surface area (TPSA) is 114 Å². The van der Waals surface area contributed by atoms with E-state index in [1.54, 1.807) is 0 Å². The van der Waals surface area contributed by atoms with Gasteiger partial charge in [0.25, 0.3) is 5.91 Å². The quantitative estimate of drug-likeness (QED) is 0.513. The fraction of sp³-hybridized carbons (Fsp3) is 0.429. The van der Waals surface area contributed by atoms with Crippen molar-refractivity contribution in [2.24, 2.45) is 5.92 Å². The van der Waals surface area contributed by atoms with Gasteiger partial charge in [-0.25, -0.2) is 4.79 Å². The Kier molecular flexibility index (Phi) is 10.0. The summed E-state index contributed by atoms with van der Waals surface area (Å²) in [4.78, 5) is 51.2. The molecule has 1 aliphatic rings. The van der Waals surface area contributed by atoms with Crippen LogP contribution in [0.3, 0.4) is 0 Å². The molecular formula is C28H35N3O5. The van der Waals surface area contributed by atoms with Crippen molar-refractivity contribution in [3.8, 4) is 0 Å². The van der Waals surface area contributed by atoms with E-state index in [0.29, 0.717) is 13.0 Å². The van der Waals surface area contributed by atoms with Crippen LogP contribution in [0.5, 0.6) is 0 Å². The summed E-state index contributed by atoms with van der Waals surface area (Å²) in [6, 6.07) is 15.1. The van der Waals surface area contributed by atoms with Gasteiger partial charge < -0.3 is 20.7 Å². The maximum atomic E-state index is 13.2. The number of benzene rings is 2. The summed E-state index contributed by atoms with van der Waals surface area (Å²) in [6.07, 6.45) is 2.33. The molecule has 3 amide bonds. The Morgan fingerprint density at radius 2 is 1.78 bits per heavy atom. The first-order valence-electron chi connectivity index (χ1n) is 12.5. The van der Waals surface area contributed by atoms with Crippen molar-refractivity contribution in [2.45, 2.75) is 64.6 Å². The number of alkyl carbamates (subject to hydrolysis) is 1. The molecule has 2 aromatic rings. The molecule has 2 unspecified atom stereocenters. The summed E-state index contributed by atoms with van der Waals surface area (Å²) in [6.45, 7) is 4.32. The standard InChI is InChI=1S/C28H35N3O5/c1-19(2)15-24(31-28(35)36-18-21-10-4-3-5-11-21)26(33)30-23-17-22-13-8-12-20(16-22)9-6-7-14-29-27(34)25(23)32/h3-5,8,10-13,16,19,23-24H,6-7,9,14-15,17-18H2,1-2H3,(H,29,34)(H,30,33)(H,31,35). The van der Waals surface area contributed by atoms with Crippen LogP contribution in [0.4, 0.5) is 4.79 Å². The lowest BCUT2D eigenvalue weighted by molar-refractivity contribution is -0.140. The molecular weight excluding hydrogens is 458 g/mol. The number of fused-ring (bicyclic) bond motifs is 2. The van der Waals surface area contributed by atoms with Gasteiger partial charge in [0.05, 0.1) is 0 Å². The lowest BCUT2D eigenvalue weighted by atomic mass is 9.96. The molecule has 192 valence electrons. The number of Topliss-reactive ketones (excluding diaryl/α,β-unsaturated/α-hetero) is 1. The average Bonchev–Trinajstić information content (AvgIpc) is 2.86.